The predicted octanol–water partition coefficient (Wildman–Crippen LogP) is 2.31. The largest absolute Gasteiger partial charge is 0.378 e. The Morgan fingerprint density at radius 3 is 2.50 bits per heavy atom. The molecule has 8 heteroatoms. The number of hydrogen-bond donors (Lipinski definition) is 2. The number of primary amides is 1. The molecule has 1 saturated heterocycles. The van der Waals surface area contributed by atoms with Gasteiger partial charge >= 0.3 is 0 Å². The van der Waals surface area contributed by atoms with Gasteiger partial charge in [0.25, 0.3) is 0 Å². The Balaban J connectivity index is 1.39. The summed E-state index contributed by atoms with van der Waals surface area (Å²) in [5.74, 6) is -0.708. The van der Waals surface area contributed by atoms with Crippen LogP contribution in [0.3, 0.4) is 0 Å². The summed E-state index contributed by atoms with van der Waals surface area (Å²) < 4.78 is 5.38. The molecule has 0 spiro atoms. The van der Waals surface area contributed by atoms with Gasteiger partial charge in [-0.15, -0.1) is 0 Å². The van der Waals surface area contributed by atoms with Gasteiger partial charge in [0.05, 0.1) is 13.2 Å². The van der Waals surface area contributed by atoms with E-state index in [1.54, 1.807) is 4.90 Å². The SMILES string of the molecule is CN(Cc1ccccc1)CC1C[C@@]1(NC(=O)[C@@H](CC(=O)N1CCOCC1)CC1CCCCC1)C(N)=O. The summed E-state index contributed by atoms with van der Waals surface area (Å²) in [6.07, 6.45) is 7.20. The number of nitrogens with one attached hydrogen (secondary N) is 1. The van der Waals surface area contributed by atoms with Gasteiger partial charge in [-0.25, -0.2) is 0 Å². The molecule has 3 fully saturated rings. The minimum atomic E-state index is -1.02. The lowest BCUT2D eigenvalue weighted by molar-refractivity contribution is -0.140. The fraction of sp³-hybridized carbons (Fsp3) is 0.679. The van der Waals surface area contributed by atoms with E-state index in [4.69, 9.17) is 10.5 Å². The number of morpholine rings is 1. The first-order chi connectivity index (χ1) is 17.4. The van der Waals surface area contributed by atoms with Gasteiger partial charge in [0, 0.05) is 44.4 Å². The second-order valence-electron chi connectivity index (χ2n) is 11.0. The summed E-state index contributed by atoms with van der Waals surface area (Å²) in [6.45, 7) is 3.63. The first kappa shape index (κ1) is 26.6. The average molecular weight is 499 g/mol. The Kier molecular flexibility index (Phi) is 9.01. The molecule has 1 aromatic rings. The van der Waals surface area contributed by atoms with Crippen LogP contribution in [0.1, 0.15) is 56.9 Å². The van der Waals surface area contributed by atoms with E-state index in [0.717, 1.165) is 19.4 Å². The number of nitrogens with zero attached hydrogens (tertiary/aromatic N) is 2. The normalized spacial score (nSPS) is 25.4. The van der Waals surface area contributed by atoms with Crippen molar-refractivity contribution >= 4 is 17.7 Å². The zero-order chi connectivity index (χ0) is 25.5. The van der Waals surface area contributed by atoms with Gasteiger partial charge in [-0.2, -0.15) is 0 Å². The van der Waals surface area contributed by atoms with Crippen LogP contribution in [0.5, 0.6) is 0 Å². The van der Waals surface area contributed by atoms with Crippen molar-refractivity contribution in [3.8, 4) is 0 Å². The smallest absolute Gasteiger partial charge is 0.243 e. The molecule has 198 valence electrons. The second kappa shape index (κ2) is 12.2. The standard InChI is InChI=1S/C28H42N4O4/c1-31(19-22-10-6-3-7-11-22)20-24-18-28(24,27(29)35)30-26(34)23(16-21-8-4-2-5-9-21)17-25(33)32-12-14-36-15-13-32/h3,6-7,10-11,21,23-24H,2,4-5,8-9,12-20H2,1H3,(H2,29,35)(H,30,34)/t23-,24?,28+/m1/s1. The number of nitrogens with two attached hydrogens (primary N) is 1. The van der Waals surface area contributed by atoms with Gasteiger partial charge in [0.2, 0.25) is 17.7 Å². The highest BCUT2D eigenvalue weighted by atomic mass is 16.5. The predicted molar refractivity (Wildman–Crippen MR) is 138 cm³/mol. The third-order valence-electron chi connectivity index (χ3n) is 8.22. The third-order valence-corrected chi connectivity index (χ3v) is 8.22. The van der Waals surface area contributed by atoms with Gasteiger partial charge in [-0.1, -0.05) is 62.4 Å². The first-order valence-electron chi connectivity index (χ1n) is 13.6. The van der Waals surface area contributed by atoms with E-state index in [1.807, 2.05) is 25.2 Å². The molecule has 1 unspecified atom stereocenters. The quantitative estimate of drug-likeness (QED) is 0.487. The number of ether oxygens (including phenoxy) is 1. The Labute approximate surface area is 214 Å². The van der Waals surface area contributed by atoms with Crippen molar-refractivity contribution in [1.82, 2.24) is 15.1 Å². The summed E-state index contributed by atoms with van der Waals surface area (Å²) in [7, 11) is 2.02. The molecule has 3 amide bonds. The fourth-order valence-corrected chi connectivity index (χ4v) is 5.99. The van der Waals surface area contributed by atoms with Crippen LogP contribution in [0, 0.1) is 17.8 Å². The number of rotatable bonds is 11. The molecule has 8 nitrogen and oxygen atoms in total. The lowest BCUT2D eigenvalue weighted by Crippen LogP contribution is -2.52. The molecule has 0 bridgehead atoms. The molecule has 1 aliphatic heterocycles. The van der Waals surface area contributed by atoms with Crippen LogP contribution in [0.2, 0.25) is 0 Å². The Bertz CT molecular complexity index is 898. The van der Waals surface area contributed by atoms with Gasteiger partial charge in [0.15, 0.2) is 0 Å². The van der Waals surface area contributed by atoms with Crippen LogP contribution in [0.25, 0.3) is 0 Å². The van der Waals surface area contributed by atoms with Crippen molar-refractivity contribution in [2.45, 2.75) is 63.5 Å². The van der Waals surface area contributed by atoms with Crippen molar-refractivity contribution < 1.29 is 19.1 Å². The second-order valence-corrected chi connectivity index (χ2v) is 11.0. The van der Waals surface area contributed by atoms with Gasteiger partial charge in [-0.05, 0) is 31.4 Å². The monoisotopic (exact) mass is 498 g/mol. The molecule has 1 aromatic carbocycles. The lowest BCUT2D eigenvalue weighted by atomic mass is 9.81. The van der Waals surface area contributed by atoms with Crippen LogP contribution >= 0.6 is 0 Å². The zero-order valence-electron chi connectivity index (χ0n) is 21.6. The number of carbonyl (C=O) groups excluding carboxylic acids is 3. The van der Waals surface area contributed by atoms with Gasteiger partial charge in [0.1, 0.15) is 5.54 Å². The van der Waals surface area contributed by atoms with Gasteiger partial charge in [-0.3, -0.25) is 14.4 Å². The van der Waals surface area contributed by atoms with Crippen LogP contribution in [0.15, 0.2) is 30.3 Å². The highest BCUT2D eigenvalue weighted by Crippen LogP contribution is 2.44. The van der Waals surface area contributed by atoms with Crippen molar-refractivity contribution in [2.75, 3.05) is 39.9 Å². The summed E-state index contributed by atoms with van der Waals surface area (Å²) in [5, 5.41) is 3.05. The van der Waals surface area contributed by atoms with Crippen LogP contribution in [-0.4, -0.2) is 73.0 Å². The molecule has 3 aliphatic rings. The van der Waals surface area contributed by atoms with Crippen molar-refractivity contribution in [3.63, 3.8) is 0 Å². The highest BCUT2D eigenvalue weighted by molar-refractivity contribution is 5.95. The lowest BCUT2D eigenvalue weighted by Gasteiger charge is -2.31. The minimum Gasteiger partial charge on any atom is -0.378 e. The molecular formula is C28H42N4O4. The third kappa shape index (κ3) is 6.85. The molecule has 2 saturated carbocycles. The fourth-order valence-electron chi connectivity index (χ4n) is 5.99. The van der Waals surface area contributed by atoms with Crippen molar-refractivity contribution in [2.24, 2.45) is 23.5 Å². The summed E-state index contributed by atoms with van der Waals surface area (Å²) >= 11 is 0. The van der Waals surface area contributed by atoms with E-state index >= 15 is 0 Å². The Morgan fingerprint density at radius 1 is 1.14 bits per heavy atom. The maximum Gasteiger partial charge on any atom is 0.243 e. The molecular weight excluding hydrogens is 456 g/mol. The van der Waals surface area contributed by atoms with E-state index in [2.05, 4.69) is 22.3 Å². The van der Waals surface area contributed by atoms with Crippen molar-refractivity contribution in [1.29, 1.82) is 0 Å². The van der Waals surface area contributed by atoms with E-state index in [0.29, 0.717) is 51.6 Å². The molecule has 3 atom stereocenters. The summed E-state index contributed by atoms with van der Waals surface area (Å²) in [6, 6.07) is 10.2. The number of hydrogen-bond acceptors (Lipinski definition) is 5. The highest BCUT2D eigenvalue weighted by Gasteiger charge is 2.60. The molecule has 4 rings (SSSR count). The maximum absolute atomic E-state index is 13.6. The Morgan fingerprint density at radius 2 is 1.83 bits per heavy atom. The molecule has 2 aliphatic carbocycles. The zero-order valence-corrected chi connectivity index (χ0v) is 21.6. The summed E-state index contributed by atoms with van der Waals surface area (Å²) in [4.78, 5) is 43.1. The molecule has 0 aromatic heterocycles. The topological polar surface area (TPSA) is 105 Å². The van der Waals surface area contributed by atoms with E-state index in [-0.39, 0.29) is 24.2 Å². The number of benzene rings is 1. The van der Waals surface area contributed by atoms with Crippen LogP contribution in [0.4, 0.5) is 0 Å². The maximum atomic E-state index is 13.6. The van der Waals surface area contributed by atoms with E-state index < -0.39 is 17.4 Å². The van der Waals surface area contributed by atoms with Crippen molar-refractivity contribution in [3.05, 3.63) is 35.9 Å². The van der Waals surface area contributed by atoms with E-state index in [9.17, 15) is 14.4 Å². The molecule has 3 N–H and O–H groups in total. The van der Waals surface area contributed by atoms with Crippen LogP contribution < -0.4 is 11.1 Å². The molecule has 0 radical (unpaired) electrons. The summed E-state index contributed by atoms with van der Waals surface area (Å²) in [5.41, 5.74) is 6.02. The van der Waals surface area contributed by atoms with Crippen LogP contribution in [-0.2, 0) is 25.7 Å². The van der Waals surface area contributed by atoms with E-state index in [1.165, 1.54) is 24.8 Å². The molecule has 36 heavy (non-hydrogen) atoms. The molecule has 1 heterocycles. The Hall–Kier alpha value is -2.45. The average Bonchev–Trinajstić information content (AvgIpc) is 3.58. The first-order valence-corrected chi connectivity index (χ1v) is 13.6. The number of amides is 3. The minimum absolute atomic E-state index is 0.00248. The number of carbonyl (C=O) groups is 3. The van der Waals surface area contributed by atoms with Gasteiger partial charge < -0.3 is 25.6 Å².